The topological polar surface area (TPSA) is 191 Å². The number of rotatable bonds is 14. The van der Waals surface area contributed by atoms with E-state index in [1.165, 1.54) is 0 Å². The van der Waals surface area contributed by atoms with Gasteiger partial charge in [0.05, 0.1) is 0 Å². The van der Waals surface area contributed by atoms with Gasteiger partial charge in [0.15, 0.2) is 0 Å². The van der Waals surface area contributed by atoms with Crippen LogP contribution >= 0.6 is 0 Å². The number of aliphatic carboxylic acids is 2. The van der Waals surface area contributed by atoms with Gasteiger partial charge < -0.3 is 31.5 Å². The molecule has 1 rings (SSSR count). The molecule has 0 aromatic carbocycles. The lowest BCUT2D eigenvalue weighted by atomic mass is 10.0. The van der Waals surface area contributed by atoms with Crippen LogP contribution in [0.4, 0.5) is 0 Å². The Labute approximate surface area is 184 Å². The fourth-order valence-corrected chi connectivity index (χ4v) is 2.86. The summed E-state index contributed by atoms with van der Waals surface area (Å²) in [6, 6.07) is -1.30. The first-order valence-corrected chi connectivity index (χ1v) is 10.2. The Bertz CT molecular complexity index is 714. The number of hydrogen-bond acceptors (Lipinski definition) is 6. The maximum Gasteiger partial charge on any atom is 0.328 e. The summed E-state index contributed by atoms with van der Waals surface area (Å²) in [6.45, 7) is 0.632. The summed E-state index contributed by atoms with van der Waals surface area (Å²) in [5, 5.41) is 27.3. The van der Waals surface area contributed by atoms with Crippen molar-refractivity contribution in [2.75, 3.05) is 13.1 Å². The fraction of sp³-hybridized carbons (Fsp3) is 0.500. The molecule has 1 aliphatic rings. The van der Waals surface area contributed by atoms with E-state index in [0.717, 1.165) is 24.3 Å². The summed E-state index contributed by atoms with van der Waals surface area (Å²) in [7, 11) is 0. The minimum absolute atomic E-state index is 0.282. The number of piperazine rings is 1. The molecule has 0 aromatic heterocycles. The maximum absolute atomic E-state index is 12.2. The van der Waals surface area contributed by atoms with Crippen molar-refractivity contribution in [1.82, 2.24) is 21.3 Å². The molecule has 32 heavy (non-hydrogen) atoms. The van der Waals surface area contributed by atoms with Crippen molar-refractivity contribution in [3.05, 3.63) is 24.3 Å². The Morgan fingerprint density at radius 2 is 1.06 bits per heavy atom. The predicted molar refractivity (Wildman–Crippen MR) is 111 cm³/mol. The summed E-state index contributed by atoms with van der Waals surface area (Å²) in [5.74, 6) is -4.03. The second-order valence-corrected chi connectivity index (χ2v) is 7.04. The Morgan fingerprint density at radius 1 is 0.688 bits per heavy atom. The Kier molecular flexibility index (Phi) is 11.8. The van der Waals surface area contributed by atoms with E-state index in [9.17, 15) is 28.8 Å². The highest BCUT2D eigenvalue weighted by Gasteiger charge is 2.32. The van der Waals surface area contributed by atoms with E-state index < -0.39 is 35.8 Å². The van der Waals surface area contributed by atoms with Crippen molar-refractivity contribution < 1.29 is 39.0 Å². The van der Waals surface area contributed by atoms with Gasteiger partial charge in [0.1, 0.15) is 12.1 Å². The number of amides is 4. The van der Waals surface area contributed by atoms with Gasteiger partial charge in [0.25, 0.3) is 0 Å². The third-order valence-electron chi connectivity index (χ3n) is 4.46. The van der Waals surface area contributed by atoms with E-state index in [1.807, 2.05) is 0 Å². The van der Waals surface area contributed by atoms with Crippen LogP contribution in [0, 0.1) is 0 Å². The first-order valence-electron chi connectivity index (χ1n) is 10.2. The predicted octanol–water partition coefficient (Wildman–Crippen LogP) is -1.18. The third-order valence-corrected chi connectivity index (χ3v) is 4.46. The maximum atomic E-state index is 12.2. The van der Waals surface area contributed by atoms with E-state index in [-0.39, 0.29) is 11.8 Å². The molecule has 2 unspecified atom stereocenters. The molecule has 1 aliphatic heterocycles. The number of hydrogen-bond donors (Lipinski definition) is 6. The standard InChI is InChI=1S/C20H28N4O8/c25-15(7-9-17(27)28)21-11-3-1-5-13-19(31)24-14(20(32)23-13)6-2-4-12-22-16(26)8-10-18(29)30/h7-10,13-14H,1-6,11-12H2,(H,21,25)(H,22,26)(H,23,32)(H,24,31)(H,27,28)(H,29,30)/b9-7+,10-8?. The monoisotopic (exact) mass is 452 g/mol. The van der Waals surface area contributed by atoms with Gasteiger partial charge in [0.2, 0.25) is 23.6 Å². The molecule has 0 radical (unpaired) electrons. The Hall–Kier alpha value is -3.70. The van der Waals surface area contributed by atoms with Gasteiger partial charge in [-0.1, -0.05) is 0 Å². The third kappa shape index (κ3) is 11.5. The zero-order chi connectivity index (χ0) is 23.9. The van der Waals surface area contributed by atoms with Gasteiger partial charge in [-0.15, -0.1) is 0 Å². The van der Waals surface area contributed by atoms with Crippen LogP contribution in [0.15, 0.2) is 24.3 Å². The van der Waals surface area contributed by atoms with Crippen molar-refractivity contribution in [2.45, 2.75) is 50.6 Å². The van der Waals surface area contributed by atoms with Gasteiger partial charge in [-0.3, -0.25) is 19.2 Å². The molecule has 0 aliphatic carbocycles. The number of nitrogens with one attached hydrogen (secondary N) is 4. The molecule has 0 saturated carbocycles. The van der Waals surface area contributed by atoms with Crippen molar-refractivity contribution in [2.24, 2.45) is 0 Å². The summed E-state index contributed by atoms with van der Waals surface area (Å²) in [6.07, 6.45) is 6.38. The Balaban J connectivity index is 2.20. The highest BCUT2D eigenvalue weighted by Crippen LogP contribution is 2.10. The van der Waals surface area contributed by atoms with Crippen LogP contribution in [0.2, 0.25) is 0 Å². The number of carboxylic acids is 2. The zero-order valence-corrected chi connectivity index (χ0v) is 17.5. The van der Waals surface area contributed by atoms with E-state index in [0.29, 0.717) is 51.6 Å². The quantitative estimate of drug-likeness (QED) is 0.140. The molecule has 12 heteroatoms. The van der Waals surface area contributed by atoms with Crippen molar-refractivity contribution in [3.63, 3.8) is 0 Å². The second-order valence-electron chi connectivity index (χ2n) is 7.04. The normalized spacial score (nSPS) is 18.2. The molecule has 2 atom stereocenters. The van der Waals surface area contributed by atoms with Crippen LogP contribution in [-0.4, -0.2) is 71.0 Å². The average molecular weight is 452 g/mol. The highest BCUT2D eigenvalue weighted by molar-refractivity contribution is 5.97. The lowest BCUT2D eigenvalue weighted by Gasteiger charge is -2.29. The molecular formula is C20H28N4O8. The molecule has 0 spiro atoms. The first-order chi connectivity index (χ1) is 15.2. The van der Waals surface area contributed by atoms with Gasteiger partial charge in [-0.2, -0.15) is 0 Å². The largest absolute Gasteiger partial charge is 0.478 e. The molecule has 6 N–H and O–H groups in total. The minimum Gasteiger partial charge on any atom is -0.478 e. The number of carbonyl (C=O) groups excluding carboxylic acids is 4. The second kappa shape index (κ2) is 14.3. The number of carboxylic acid groups (broad SMARTS) is 2. The lowest BCUT2D eigenvalue weighted by molar-refractivity contribution is -0.137. The van der Waals surface area contributed by atoms with E-state index in [1.54, 1.807) is 0 Å². The van der Waals surface area contributed by atoms with Crippen LogP contribution in [0.3, 0.4) is 0 Å². The highest BCUT2D eigenvalue weighted by atomic mass is 16.4. The zero-order valence-electron chi connectivity index (χ0n) is 17.5. The summed E-state index contributed by atoms with van der Waals surface area (Å²) in [4.78, 5) is 67.7. The van der Waals surface area contributed by atoms with Crippen molar-refractivity contribution in [1.29, 1.82) is 0 Å². The molecule has 1 heterocycles. The van der Waals surface area contributed by atoms with E-state index in [2.05, 4.69) is 21.3 Å². The lowest BCUT2D eigenvalue weighted by Crippen LogP contribution is -2.61. The minimum atomic E-state index is -1.21. The average Bonchev–Trinajstić information content (AvgIpc) is 2.73. The smallest absolute Gasteiger partial charge is 0.328 e. The molecule has 0 aromatic rings. The summed E-state index contributed by atoms with van der Waals surface area (Å²) >= 11 is 0. The molecule has 1 fully saturated rings. The fourth-order valence-electron chi connectivity index (χ4n) is 2.86. The van der Waals surface area contributed by atoms with Crippen LogP contribution in [0.25, 0.3) is 0 Å². The molecule has 4 amide bonds. The Morgan fingerprint density at radius 3 is 1.41 bits per heavy atom. The molecular weight excluding hydrogens is 424 g/mol. The first kappa shape index (κ1) is 26.3. The molecule has 12 nitrogen and oxygen atoms in total. The van der Waals surface area contributed by atoms with Gasteiger partial charge in [-0.25, -0.2) is 9.59 Å². The van der Waals surface area contributed by atoms with Gasteiger partial charge in [0, 0.05) is 37.4 Å². The molecule has 176 valence electrons. The van der Waals surface area contributed by atoms with Gasteiger partial charge in [-0.05, 0) is 38.5 Å². The summed E-state index contributed by atoms with van der Waals surface area (Å²) in [5.41, 5.74) is 0. The molecule has 1 saturated heterocycles. The van der Waals surface area contributed by atoms with Crippen molar-refractivity contribution >= 4 is 35.6 Å². The van der Waals surface area contributed by atoms with E-state index >= 15 is 0 Å². The van der Waals surface area contributed by atoms with Crippen LogP contribution in [0.5, 0.6) is 0 Å². The summed E-state index contributed by atoms with van der Waals surface area (Å²) < 4.78 is 0. The van der Waals surface area contributed by atoms with Crippen LogP contribution in [0.1, 0.15) is 38.5 Å². The SMILES string of the molecule is O=C(O)C=CC(=O)NCCCCC1NC(=O)C(CCCCNC(=O)/C=C/C(=O)O)NC1=O. The van der Waals surface area contributed by atoms with Crippen LogP contribution < -0.4 is 21.3 Å². The number of carbonyl (C=O) groups is 6. The van der Waals surface area contributed by atoms with Crippen molar-refractivity contribution in [3.8, 4) is 0 Å². The van der Waals surface area contributed by atoms with E-state index in [4.69, 9.17) is 10.2 Å². The number of unbranched alkanes of at least 4 members (excludes halogenated alkanes) is 2. The molecule has 0 bridgehead atoms. The van der Waals surface area contributed by atoms with Crippen LogP contribution in [-0.2, 0) is 28.8 Å². The van der Waals surface area contributed by atoms with Gasteiger partial charge >= 0.3 is 11.9 Å².